The molecule has 0 unspecified atom stereocenters. The van der Waals surface area contributed by atoms with Crippen molar-refractivity contribution < 1.29 is 4.74 Å². The Hall–Kier alpha value is -3.63. The second-order valence-electron chi connectivity index (χ2n) is 7.60. The second-order valence-corrected chi connectivity index (χ2v) is 8.60. The van der Waals surface area contributed by atoms with Gasteiger partial charge in [0.15, 0.2) is 5.75 Å². The zero-order valence-electron chi connectivity index (χ0n) is 16.7. The summed E-state index contributed by atoms with van der Waals surface area (Å²) in [6, 6.07) is 11.9. The van der Waals surface area contributed by atoms with Crippen molar-refractivity contribution in [1.82, 2.24) is 9.97 Å². The number of thiophene rings is 1. The van der Waals surface area contributed by atoms with Crippen LogP contribution in [0.2, 0.25) is 0 Å². The first-order valence-corrected chi connectivity index (χ1v) is 10.3. The summed E-state index contributed by atoms with van der Waals surface area (Å²) in [6.45, 7) is 5.93. The van der Waals surface area contributed by atoms with Crippen molar-refractivity contribution in [2.45, 2.75) is 26.7 Å². The minimum Gasteiger partial charge on any atom is -0.438 e. The Morgan fingerprint density at radius 3 is 2.67 bits per heavy atom. The van der Waals surface area contributed by atoms with Crippen LogP contribution in [-0.2, 0) is 0 Å². The van der Waals surface area contributed by atoms with Gasteiger partial charge in [-0.15, -0.1) is 11.3 Å². The van der Waals surface area contributed by atoms with Gasteiger partial charge in [0.05, 0.1) is 21.7 Å². The van der Waals surface area contributed by atoms with Crippen LogP contribution < -0.4 is 16.0 Å². The van der Waals surface area contributed by atoms with Crippen LogP contribution in [0, 0.1) is 32.1 Å². The highest BCUT2D eigenvalue weighted by atomic mass is 32.1. The molecule has 0 spiro atoms. The highest BCUT2D eigenvalue weighted by Crippen LogP contribution is 2.46. The molecular formula is C23H18N4O2S. The van der Waals surface area contributed by atoms with Gasteiger partial charge in [-0.25, -0.2) is 4.98 Å². The zero-order chi connectivity index (χ0) is 21.2. The number of allylic oxidation sites excluding steroid dienone is 1. The van der Waals surface area contributed by atoms with E-state index in [0.717, 1.165) is 37.3 Å². The molecule has 0 amide bonds. The summed E-state index contributed by atoms with van der Waals surface area (Å²) in [5.41, 5.74) is 11.1. The van der Waals surface area contributed by atoms with Crippen molar-refractivity contribution in [3.8, 4) is 11.8 Å². The molecule has 0 fully saturated rings. The van der Waals surface area contributed by atoms with Crippen LogP contribution in [0.5, 0.6) is 5.75 Å². The van der Waals surface area contributed by atoms with Crippen LogP contribution in [0.3, 0.4) is 0 Å². The SMILES string of the molecule is Cc1ccc([C@H]2C(C#N)=C(N)Oc3c2c(=O)[nH]c2c3sc3nc(C)cc(C)c32)cc1. The van der Waals surface area contributed by atoms with E-state index in [1.54, 1.807) is 0 Å². The number of nitrogens with two attached hydrogens (primary N) is 1. The largest absolute Gasteiger partial charge is 0.438 e. The monoisotopic (exact) mass is 414 g/mol. The standard InChI is InChI=1S/C23H18N4O2S/c1-10-4-6-13(7-5-10)16-14(9-24)21(25)29-19-17(16)22(28)27-18-15-11(2)8-12(3)26-23(15)30-20(18)19/h4-8,16H,25H2,1-3H3,(H,27,28)/t16-/m0/s1. The first-order chi connectivity index (χ1) is 14.4. The van der Waals surface area contributed by atoms with Gasteiger partial charge in [0.2, 0.25) is 5.88 Å². The molecule has 1 aliphatic rings. The van der Waals surface area contributed by atoms with Crippen molar-refractivity contribution in [2.75, 3.05) is 0 Å². The third-order valence-corrected chi connectivity index (χ3v) is 6.59. The van der Waals surface area contributed by atoms with E-state index < -0.39 is 5.92 Å². The molecule has 3 N–H and O–H groups in total. The van der Waals surface area contributed by atoms with Crippen molar-refractivity contribution in [2.24, 2.45) is 5.73 Å². The molecule has 6 nitrogen and oxygen atoms in total. The summed E-state index contributed by atoms with van der Waals surface area (Å²) >= 11 is 1.46. The molecule has 148 valence electrons. The third kappa shape index (κ3) is 2.54. The quantitative estimate of drug-likeness (QED) is 0.484. The van der Waals surface area contributed by atoms with Crippen molar-refractivity contribution in [3.05, 3.63) is 80.1 Å². The van der Waals surface area contributed by atoms with Gasteiger partial charge in [-0.1, -0.05) is 29.8 Å². The van der Waals surface area contributed by atoms with Gasteiger partial charge in [0.1, 0.15) is 16.5 Å². The van der Waals surface area contributed by atoms with E-state index in [1.165, 1.54) is 11.3 Å². The predicted octanol–water partition coefficient (Wildman–Crippen LogP) is 4.28. The van der Waals surface area contributed by atoms with Gasteiger partial charge in [0, 0.05) is 11.1 Å². The fraction of sp³-hybridized carbons (Fsp3) is 0.174. The summed E-state index contributed by atoms with van der Waals surface area (Å²) < 4.78 is 6.68. The fourth-order valence-electron chi connectivity index (χ4n) is 4.15. The number of aromatic amines is 1. The molecule has 0 saturated carbocycles. The maximum Gasteiger partial charge on any atom is 0.256 e. The van der Waals surface area contributed by atoms with Crippen LogP contribution in [0.1, 0.15) is 33.9 Å². The van der Waals surface area contributed by atoms with Gasteiger partial charge in [-0.2, -0.15) is 5.26 Å². The van der Waals surface area contributed by atoms with E-state index in [2.05, 4.69) is 16.0 Å². The average Bonchev–Trinajstić information content (AvgIpc) is 3.06. The minimum absolute atomic E-state index is 0.0285. The summed E-state index contributed by atoms with van der Waals surface area (Å²) in [7, 11) is 0. The molecule has 3 aromatic heterocycles. The Balaban J connectivity index is 1.89. The number of pyridine rings is 2. The topological polar surface area (TPSA) is 105 Å². The molecule has 5 rings (SSSR count). The minimum atomic E-state index is -0.589. The number of hydrogen-bond donors (Lipinski definition) is 2. The van der Waals surface area contributed by atoms with Crippen molar-refractivity contribution >= 4 is 31.8 Å². The number of nitriles is 1. The molecule has 4 heterocycles. The van der Waals surface area contributed by atoms with Crippen LogP contribution in [0.15, 0.2) is 46.6 Å². The summed E-state index contributed by atoms with van der Waals surface area (Å²) in [5, 5.41) is 10.7. The Morgan fingerprint density at radius 2 is 1.97 bits per heavy atom. The lowest BCUT2D eigenvalue weighted by Gasteiger charge is -2.26. The molecule has 30 heavy (non-hydrogen) atoms. The Bertz CT molecular complexity index is 1490. The zero-order valence-corrected chi connectivity index (χ0v) is 17.5. The number of benzene rings is 1. The van der Waals surface area contributed by atoms with Crippen LogP contribution in [-0.4, -0.2) is 9.97 Å². The molecule has 0 saturated heterocycles. The second kappa shape index (κ2) is 6.44. The maximum atomic E-state index is 13.3. The van der Waals surface area contributed by atoms with E-state index in [1.807, 2.05) is 51.1 Å². The lowest BCUT2D eigenvalue weighted by atomic mass is 9.84. The molecule has 0 aliphatic carbocycles. The highest BCUT2D eigenvalue weighted by Gasteiger charge is 2.35. The van der Waals surface area contributed by atoms with Crippen LogP contribution in [0.4, 0.5) is 0 Å². The number of H-pyrrole nitrogens is 1. The summed E-state index contributed by atoms with van der Waals surface area (Å²) in [5.74, 6) is -0.148. The molecular weight excluding hydrogens is 396 g/mol. The van der Waals surface area contributed by atoms with E-state index >= 15 is 0 Å². The lowest BCUT2D eigenvalue weighted by molar-refractivity contribution is 0.397. The van der Waals surface area contributed by atoms with Crippen LogP contribution >= 0.6 is 11.3 Å². The van der Waals surface area contributed by atoms with E-state index in [9.17, 15) is 10.1 Å². The molecule has 4 aromatic rings. The lowest BCUT2D eigenvalue weighted by Crippen LogP contribution is -2.27. The number of aromatic nitrogens is 2. The molecule has 1 atom stereocenters. The third-order valence-electron chi connectivity index (χ3n) is 5.51. The number of ether oxygens (including phenoxy) is 1. The summed E-state index contributed by atoms with van der Waals surface area (Å²) in [6.07, 6.45) is 0. The van der Waals surface area contributed by atoms with Gasteiger partial charge in [0.25, 0.3) is 5.56 Å². The first-order valence-electron chi connectivity index (χ1n) is 9.49. The van der Waals surface area contributed by atoms with E-state index in [-0.39, 0.29) is 17.0 Å². The van der Waals surface area contributed by atoms with Crippen LogP contribution in [0.25, 0.3) is 20.4 Å². The molecule has 1 aromatic carbocycles. The molecule has 0 bridgehead atoms. The molecule has 0 radical (unpaired) electrons. The number of nitrogens with one attached hydrogen (secondary N) is 1. The van der Waals surface area contributed by atoms with Crippen molar-refractivity contribution in [1.29, 1.82) is 5.26 Å². The van der Waals surface area contributed by atoms with Gasteiger partial charge in [-0.3, -0.25) is 4.79 Å². The predicted molar refractivity (Wildman–Crippen MR) is 118 cm³/mol. The smallest absolute Gasteiger partial charge is 0.256 e. The van der Waals surface area contributed by atoms with Gasteiger partial charge < -0.3 is 15.5 Å². The highest BCUT2D eigenvalue weighted by molar-refractivity contribution is 7.25. The molecule has 1 aliphatic heterocycles. The number of nitrogens with zero attached hydrogens (tertiary/aromatic N) is 2. The van der Waals surface area contributed by atoms with Crippen molar-refractivity contribution in [3.63, 3.8) is 0 Å². The van der Waals surface area contributed by atoms with E-state index in [4.69, 9.17) is 10.5 Å². The normalized spacial score (nSPS) is 15.9. The molecule has 7 heteroatoms. The van der Waals surface area contributed by atoms with E-state index in [0.29, 0.717) is 16.8 Å². The number of rotatable bonds is 1. The average molecular weight is 414 g/mol. The number of fused-ring (bicyclic) bond motifs is 5. The summed E-state index contributed by atoms with van der Waals surface area (Å²) in [4.78, 5) is 21.8. The maximum absolute atomic E-state index is 13.3. The fourth-order valence-corrected chi connectivity index (χ4v) is 5.40. The Labute approximate surface area is 176 Å². The van der Waals surface area contributed by atoms with Gasteiger partial charge in [-0.05, 0) is 38.0 Å². The number of aryl methyl sites for hydroxylation is 3. The Kier molecular flexibility index (Phi) is 3.95. The van der Waals surface area contributed by atoms with Gasteiger partial charge >= 0.3 is 0 Å². The Morgan fingerprint density at radius 1 is 1.23 bits per heavy atom. The number of hydrogen-bond acceptors (Lipinski definition) is 6. The first kappa shape index (κ1) is 18.4.